The number of hydrogen-bond donors (Lipinski definition) is 0. The third kappa shape index (κ3) is 2.44. The molecule has 0 unspecified atom stereocenters. The Balaban J connectivity index is 2.29. The summed E-state index contributed by atoms with van der Waals surface area (Å²) < 4.78 is 43.9. The van der Waals surface area contributed by atoms with E-state index in [2.05, 4.69) is 0 Å². The molecule has 0 atom stereocenters. The van der Waals surface area contributed by atoms with Crippen molar-refractivity contribution in [2.24, 2.45) is 0 Å². The molecule has 0 radical (unpaired) electrons. The molecule has 0 saturated heterocycles. The molecule has 1 aromatic heterocycles. The van der Waals surface area contributed by atoms with Gasteiger partial charge in [-0.15, -0.1) is 0 Å². The topological polar surface area (TPSA) is 50.5 Å². The van der Waals surface area contributed by atoms with E-state index < -0.39 is 15.8 Å². The first-order valence-electron chi connectivity index (χ1n) is 5.25. The number of furan rings is 1. The summed E-state index contributed by atoms with van der Waals surface area (Å²) in [7, 11) is -2.47. The molecular weight excluding hydrogens is 257 g/mol. The molecule has 0 amide bonds. The maximum atomic E-state index is 13.5. The maximum Gasteiger partial charge on any atom is 0.246 e. The Hall–Kier alpha value is -1.66. The Bertz CT molecular complexity index is 623. The standard InChI is InChI=1S/C12H12FNO3S/c1-14(9-10-5-4-8-17-10)18(15,16)12-7-3-2-6-11(12)13/h2-8H,9H2,1H3. The molecular formula is C12H12FNO3S. The zero-order valence-electron chi connectivity index (χ0n) is 9.71. The van der Waals surface area contributed by atoms with Gasteiger partial charge in [0.25, 0.3) is 0 Å². The van der Waals surface area contributed by atoms with Crippen molar-refractivity contribution in [3.63, 3.8) is 0 Å². The summed E-state index contributed by atoms with van der Waals surface area (Å²) >= 11 is 0. The summed E-state index contributed by atoms with van der Waals surface area (Å²) in [5.41, 5.74) is 0. The van der Waals surface area contributed by atoms with E-state index in [9.17, 15) is 12.8 Å². The van der Waals surface area contributed by atoms with Crippen LogP contribution in [0.4, 0.5) is 4.39 Å². The fourth-order valence-electron chi connectivity index (χ4n) is 1.53. The molecule has 0 aliphatic heterocycles. The predicted octanol–water partition coefficient (Wildman–Crippen LogP) is 2.24. The second-order valence-corrected chi connectivity index (χ2v) is 5.78. The van der Waals surface area contributed by atoms with Crippen molar-refractivity contribution in [3.8, 4) is 0 Å². The third-order valence-corrected chi connectivity index (χ3v) is 4.32. The van der Waals surface area contributed by atoms with Gasteiger partial charge in [0.1, 0.15) is 16.5 Å². The van der Waals surface area contributed by atoms with Crippen molar-refractivity contribution in [2.45, 2.75) is 11.4 Å². The number of nitrogens with zero attached hydrogens (tertiary/aromatic N) is 1. The van der Waals surface area contributed by atoms with Crippen molar-refractivity contribution in [2.75, 3.05) is 7.05 Å². The van der Waals surface area contributed by atoms with Gasteiger partial charge in [0.15, 0.2) is 0 Å². The normalized spacial score (nSPS) is 11.9. The Kier molecular flexibility index (Phi) is 3.49. The third-order valence-electron chi connectivity index (χ3n) is 2.48. The molecule has 0 aliphatic carbocycles. The Morgan fingerprint density at radius 2 is 1.94 bits per heavy atom. The van der Waals surface area contributed by atoms with Crippen molar-refractivity contribution < 1.29 is 17.2 Å². The van der Waals surface area contributed by atoms with Crippen LogP contribution in [0.3, 0.4) is 0 Å². The Morgan fingerprint density at radius 3 is 2.56 bits per heavy atom. The van der Waals surface area contributed by atoms with Crippen LogP contribution in [0.1, 0.15) is 5.76 Å². The van der Waals surface area contributed by atoms with Gasteiger partial charge in [-0.05, 0) is 24.3 Å². The van der Waals surface area contributed by atoms with Crippen LogP contribution in [-0.2, 0) is 16.6 Å². The maximum absolute atomic E-state index is 13.5. The molecule has 96 valence electrons. The fraction of sp³-hybridized carbons (Fsp3) is 0.167. The Labute approximate surface area is 105 Å². The minimum absolute atomic E-state index is 0.0592. The van der Waals surface area contributed by atoms with Gasteiger partial charge >= 0.3 is 0 Å². The molecule has 0 saturated carbocycles. The van der Waals surface area contributed by atoms with E-state index in [1.165, 1.54) is 31.5 Å². The molecule has 1 heterocycles. The smallest absolute Gasteiger partial charge is 0.246 e. The van der Waals surface area contributed by atoms with Gasteiger partial charge < -0.3 is 4.42 Å². The molecule has 18 heavy (non-hydrogen) atoms. The monoisotopic (exact) mass is 269 g/mol. The van der Waals surface area contributed by atoms with Crippen LogP contribution in [0.15, 0.2) is 52.0 Å². The van der Waals surface area contributed by atoms with E-state index >= 15 is 0 Å². The van der Waals surface area contributed by atoms with Crippen LogP contribution in [0.2, 0.25) is 0 Å². The minimum atomic E-state index is -3.85. The van der Waals surface area contributed by atoms with Crippen molar-refractivity contribution in [3.05, 3.63) is 54.2 Å². The lowest BCUT2D eigenvalue weighted by atomic mass is 10.4. The molecule has 2 rings (SSSR count). The Morgan fingerprint density at radius 1 is 1.22 bits per heavy atom. The summed E-state index contributed by atoms with van der Waals surface area (Å²) in [5, 5.41) is 0. The van der Waals surface area contributed by atoms with Gasteiger partial charge in [-0.25, -0.2) is 12.8 Å². The summed E-state index contributed by atoms with van der Waals surface area (Å²) in [6, 6.07) is 8.61. The second kappa shape index (κ2) is 4.91. The summed E-state index contributed by atoms with van der Waals surface area (Å²) in [5.74, 6) is -0.263. The lowest BCUT2D eigenvalue weighted by Gasteiger charge is -2.16. The van der Waals surface area contributed by atoms with E-state index in [1.54, 1.807) is 12.1 Å². The SMILES string of the molecule is CN(Cc1ccco1)S(=O)(=O)c1ccccc1F. The van der Waals surface area contributed by atoms with Gasteiger partial charge in [0.05, 0.1) is 12.8 Å². The van der Waals surface area contributed by atoms with Gasteiger partial charge in [-0.2, -0.15) is 4.31 Å². The van der Waals surface area contributed by atoms with Crippen molar-refractivity contribution in [1.29, 1.82) is 0 Å². The van der Waals surface area contributed by atoms with E-state index in [-0.39, 0.29) is 11.4 Å². The first kappa shape index (κ1) is 12.8. The minimum Gasteiger partial charge on any atom is -0.468 e. The number of halogens is 1. The van der Waals surface area contributed by atoms with Gasteiger partial charge in [0, 0.05) is 7.05 Å². The van der Waals surface area contributed by atoms with Crippen LogP contribution >= 0.6 is 0 Å². The van der Waals surface area contributed by atoms with E-state index in [4.69, 9.17) is 4.42 Å². The average molecular weight is 269 g/mol. The predicted molar refractivity (Wildman–Crippen MR) is 63.8 cm³/mol. The zero-order valence-corrected chi connectivity index (χ0v) is 10.5. The fourth-order valence-corrected chi connectivity index (χ4v) is 2.73. The summed E-state index contributed by atoms with van der Waals surface area (Å²) in [4.78, 5) is -0.334. The van der Waals surface area contributed by atoms with Crippen LogP contribution in [-0.4, -0.2) is 19.8 Å². The van der Waals surface area contributed by atoms with Crippen LogP contribution in [0.25, 0.3) is 0 Å². The summed E-state index contributed by atoms with van der Waals surface area (Å²) in [6.45, 7) is 0.0592. The number of rotatable bonds is 4. The van der Waals surface area contributed by atoms with Crippen LogP contribution < -0.4 is 0 Å². The molecule has 1 aromatic carbocycles. The lowest BCUT2D eigenvalue weighted by molar-refractivity contribution is 0.404. The molecule has 6 heteroatoms. The van der Waals surface area contributed by atoms with Crippen molar-refractivity contribution >= 4 is 10.0 Å². The van der Waals surface area contributed by atoms with Crippen LogP contribution in [0, 0.1) is 5.82 Å². The largest absolute Gasteiger partial charge is 0.468 e. The van der Waals surface area contributed by atoms with Gasteiger partial charge in [-0.1, -0.05) is 12.1 Å². The first-order chi connectivity index (χ1) is 8.51. The second-order valence-electron chi connectivity index (χ2n) is 3.77. The lowest BCUT2D eigenvalue weighted by Crippen LogP contribution is -2.27. The molecule has 0 N–H and O–H groups in total. The highest BCUT2D eigenvalue weighted by molar-refractivity contribution is 7.89. The average Bonchev–Trinajstić information content (AvgIpc) is 2.82. The number of hydrogen-bond acceptors (Lipinski definition) is 3. The van der Waals surface area contributed by atoms with E-state index in [0.29, 0.717) is 5.76 Å². The number of benzene rings is 1. The summed E-state index contributed by atoms with van der Waals surface area (Å²) in [6.07, 6.45) is 1.46. The molecule has 0 spiro atoms. The van der Waals surface area contributed by atoms with E-state index in [0.717, 1.165) is 10.4 Å². The zero-order chi connectivity index (χ0) is 13.2. The van der Waals surface area contributed by atoms with Crippen LogP contribution in [0.5, 0.6) is 0 Å². The highest BCUT2D eigenvalue weighted by Crippen LogP contribution is 2.19. The molecule has 2 aromatic rings. The highest BCUT2D eigenvalue weighted by Gasteiger charge is 2.24. The molecule has 0 aliphatic rings. The van der Waals surface area contributed by atoms with Gasteiger partial charge in [-0.3, -0.25) is 0 Å². The molecule has 4 nitrogen and oxygen atoms in total. The molecule has 0 bridgehead atoms. The van der Waals surface area contributed by atoms with E-state index in [1.807, 2.05) is 0 Å². The number of sulfonamides is 1. The molecule has 0 fully saturated rings. The quantitative estimate of drug-likeness (QED) is 0.855. The highest BCUT2D eigenvalue weighted by atomic mass is 32.2. The van der Waals surface area contributed by atoms with Gasteiger partial charge in [0.2, 0.25) is 10.0 Å². The first-order valence-corrected chi connectivity index (χ1v) is 6.69. The van der Waals surface area contributed by atoms with Crippen molar-refractivity contribution in [1.82, 2.24) is 4.31 Å².